The van der Waals surface area contributed by atoms with Gasteiger partial charge in [-0.15, -0.1) is 11.6 Å². The molecule has 194 valence electrons. The van der Waals surface area contributed by atoms with Crippen molar-refractivity contribution in [3.05, 3.63) is 0 Å². The second-order valence-electron chi connectivity index (χ2n) is 10.3. The average Bonchev–Trinajstić information content (AvgIpc) is 2.81. The van der Waals surface area contributed by atoms with Crippen LogP contribution in [-0.4, -0.2) is 90.0 Å². The Balaban J connectivity index is 1.24. The molecule has 0 aromatic rings. The van der Waals surface area contributed by atoms with E-state index in [1.807, 2.05) is 0 Å². The molecule has 1 heterocycles. The topological polar surface area (TPSA) is 112 Å². The Morgan fingerprint density at radius 1 is 1.12 bits per heavy atom. The van der Waals surface area contributed by atoms with E-state index in [2.05, 4.69) is 21.3 Å². The van der Waals surface area contributed by atoms with Crippen molar-refractivity contribution in [2.24, 2.45) is 0 Å². The molecular formula is C22H34ClF3N4O4. The summed E-state index contributed by atoms with van der Waals surface area (Å²) in [6.07, 6.45) is -1.11. The van der Waals surface area contributed by atoms with Gasteiger partial charge in [-0.3, -0.25) is 9.59 Å². The fourth-order valence-electron chi connectivity index (χ4n) is 5.76. The Hall–Kier alpha value is -1.14. The van der Waals surface area contributed by atoms with Crippen LogP contribution in [-0.2, 0) is 14.3 Å². The Bertz CT molecular complexity index is 748. The summed E-state index contributed by atoms with van der Waals surface area (Å²) in [5.74, 6) is -0.635. The molecule has 1 saturated heterocycles. The molecule has 4 aliphatic carbocycles. The third kappa shape index (κ3) is 5.64. The number of ether oxygens (including phenoxy) is 1. The van der Waals surface area contributed by atoms with Crippen LogP contribution in [0.3, 0.4) is 0 Å². The van der Waals surface area contributed by atoms with Crippen LogP contribution in [0, 0.1) is 0 Å². The highest BCUT2D eigenvalue weighted by molar-refractivity contribution is 6.21. The van der Waals surface area contributed by atoms with Crippen molar-refractivity contribution in [2.75, 3.05) is 19.7 Å². The lowest BCUT2D eigenvalue weighted by Crippen LogP contribution is -2.72. The minimum absolute atomic E-state index is 0.00188. The number of carbonyl (C=O) groups excluding carboxylic acids is 2. The summed E-state index contributed by atoms with van der Waals surface area (Å²) in [7, 11) is 0. The van der Waals surface area contributed by atoms with Gasteiger partial charge in [0, 0.05) is 25.0 Å². The monoisotopic (exact) mass is 510 g/mol. The molecule has 2 bridgehead atoms. The lowest BCUT2D eigenvalue weighted by molar-refractivity contribution is -0.140. The number of carbonyl (C=O) groups is 2. The van der Waals surface area contributed by atoms with Crippen LogP contribution in [0.2, 0.25) is 0 Å². The second-order valence-corrected chi connectivity index (χ2v) is 10.8. The van der Waals surface area contributed by atoms with Gasteiger partial charge in [-0.1, -0.05) is 0 Å². The van der Waals surface area contributed by atoms with E-state index in [4.69, 9.17) is 16.3 Å². The minimum atomic E-state index is -2.50. The molecule has 6 atom stereocenters. The molecule has 5 N–H and O–H groups in total. The van der Waals surface area contributed by atoms with Crippen LogP contribution in [0.1, 0.15) is 51.4 Å². The first kappa shape index (κ1) is 25.9. The Morgan fingerprint density at radius 2 is 1.85 bits per heavy atom. The molecule has 0 aromatic carbocycles. The Labute approximate surface area is 202 Å². The van der Waals surface area contributed by atoms with Gasteiger partial charge in [-0.05, 0) is 44.9 Å². The summed E-state index contributed by atoms with van der Waals surface area (Å²) < 4.78 is 45.0. The number of piperazine rings is 1. The Kier molecular flexibility index (Phi) is 7.98. The molecule has 1 aliphatic heterocycles. The predicted molar refractivity (Wildman–Crippen MR) is 119 cm³/mol. The van der Waals surface area contributed by atoms with Crippen molar-refractivity contribution in [1.82, 2.24) is 21.3 Å². The average molecular weight is 511 g/mol. The zero-order chi connectivity index (χ0) is 24.5. The maximum atomic E-state index is 13.8. The number of aliphatic hydroxyl groups excluding tert-OH is 1. The maximum absolute atomic E-state index is 13.8. The van der Waals surface area contributed by atoms with Crippen molar-refractivity contribution in [3.8, 4) is 0 Å². The molecule has 5 fully saturated rings. The summed E-state index contributed by atoms with van der Waals surface area (Å²) in [5, 5.41) is 21.9. The van der Waals surface area contributed by atoms with E-state index < -0.39 is 47.2 Å². The first-order chi connectivity index (χ1) is 16.1. The zero-order valence-corrected chi connectivity index (χ0v) is 19.8. The first-order valence-electron chi connectivity index (χ1n) is 12.1. The fraction of sp³-hybridized carbons (Fsp3) is 0.909. The normalized spacial score (nSPS) is 42.4. The molecule has 5 unspecified atom stereocenters. The van der Waals surface area contributed by atoms with E-state index in [1.165, 1.54) is 0 Å². The van der Waals surface area contributed by atoms with Gasteiger partial charge < -0.3 is 31.1 Å². The van der Waals surface area contributed by atoms with Crippen LogP contribution in [0.15, 0.2) is 0 Å². The molecule has 5 rings (SSSR count). The highest BCUT2D eigenvalue weighted by Gasteiger charge is 2.55. The SMILES string of the molecule is O=C(COC1CCC(Cl)C(F)C1)NC12CCC(NC(=O)C3CNC(C(F)F)CN3)(CC1)C[C@@H]2O. The van der Waals surface area contributed by atoms with Crippen molar-refractivity contribution in [1.29, 1.82) is 0 Å². The smallest absolute Gasteiger partial charge is 0.254 e. The van der Waals surface area contributed by atoms with Crippen LogP contribution < -0.4 is 21.3 Å². The third-order valence-corrected chi connectivity index (χ3v) is 8.47. The molecule has 34 heavy (non-hydrogen) atoms. The quantitative estimate of drug-likeness (QED) is 0.323. The number of halogens is 4. The van der Waals surface area contributed by atoms with Gasteiger partial charge in [0.15, 0.2) is 0 Å². The highest BCUT2D eigenvalue weighted by atomic mass is 35.5. The van der Waals surface area contributed by atoms with E-state index in [1.54, 1.807) is 0 Å². The summed E-state index contributed by atoms with van der Waals surface area (Å²) in [4.78, 5) is 25.3. The number of aliphatic hydroxyl groups is 1. The minimum Gasteiger partial charge on any atom is -0.391 e. The van der Waals surface area contributed by atoms with E-state index in [0.717, 1.165) is 0 Å². The lowest BCUT2D eigenvalue weighted by atomic mass is 9.59. The van der Waals surface area contributed by atoms with Crippen molar-refractivity contribution in [2.45, 2.75) is 105 Å². The van der Waals surface area contributed by atoms with Gasteiger partial charge in [0.1, 0.15) is 12.8 Å². The molecule has 12 heteroatoms. The summed E-state index contributed by atoms with van der Waals surface area (Å²) >= 11 is 5.89. The van der Waals surface area contributed by atoms with Gasteiger partial charge in [-0.25, -0.2) is 13.2 Å². The van der Waals surface area contributed by atoms with Crippen LogP contribution >= 0.6 is 11.6 Å². The number of fused-ring (bicyclic) bond motifs is 3. The van der Waals surface area contributed by atoms with E-state index in [-0.39, 0.29) is 44.0 Å². The van der Waals surface area contributed by atoms with E-state index in [9.17, 15) is 27.9 Å². The van der Waals surface area contributed by atoms with E-state index in [0.29, 0.717) is 44.9 Å². The third-order valence-electron chi connectivity index (χ3n) is 7.98. The van der Waals surface area contributed by atoms with Crippen LogP contribution in [0.25, 0.3) is 0 Å². The van der Waals surface area contributed by atoms with Crippen LogP contribution in [0.4, 0.5) is 13.2 Å². The zero-order valence-electron chi connectivity index (χ0n) is 19.0. The number of hydrogen-bond donors (Lipinski definition) is 5. The maximum Gasteiger partial charge on any atom is 0.254 e. The van der Waals surface area contributed by atoms with Crippen molar-refractivity contribution >= 4 is 23.4 Å². The largest absolute Gasteiger partial charge is 0.391 e. The lowest BCUT2D eigenvalue weighted by Gasteiger charge is -2.56. The number of amides is 2. The molecule has 0 aromatic heterocycles. The van der Waals surface area contributed by atoms with Gasteiger partial charge >= 0.3 is 0 Å². The molecule has 0 radical (unpaired) electrons. The highest BCUT2D eigenvalue weighted by Crippen LogP contribution is 2.47. The number of hydrogen-bond acceptors (Lipinski definition) is 6. The summed E-state index contributed by atoms with van der Waals surface area (Å²) in [5.41, 5.74) is -1.37. The predicted octanol–water partition coefficient (Wildman–Crippen LogP) is 0.745. The number of nitrogens with one attached hydrogen (secondary N) is 4. The van der Waals surface area contributed by atoms with E-state index >= 15 is 0 Å². The summed E-state index contributed by atoms with van der Waals surface area (Å²) in [6.45, 7) is -0.0995. The van der Waals surface area contributed by atoms with Crippen molar-refractivity contribution < 1.29 is 32.6 Å². The molecule has 2 amide bonds. The molecule has 8 nitrogen and oxygen atoms in total. The standard InChI is InChI=1S/C22H34ClF3N4O4/c23-13-2-1-12(7-14(13)24)34-11-18(32)29-22-5-3-21(4-6-22,8-17(22)31)30-20(33)16-10-27-15(9-28-16)19(25)26/h12-17,19,27-28,31H,1-11H2,(H,29,32)(H,30,33)/t12?,13?,14?,15?,16?,17-,21?,22?/m0/s1. The number of alkyl halides is 4. The van der Waals surface area contributed by atoms with Crippen molar-refractivity contribution in [3.63, 3.8) is 0 Å². The molecule has 4 saturated carbocycles. The summed E-state index contributed by atoms with van der Waals surface area (Å²) in [6, 6.07) is -1.60. The Morgan fingerprint density at radius 3 is 2.44 bits per heavy atom. The fourth-order valence-corrected chi connectivity index (χ4v) is 5.99. The van der Waals surface area contributed by atoms with Gasteiger partial charge in [0.25, 0.3) is 6.43 Å². The molecule has 0 spiro atoms. The molecule has 5 aliphatic rings. The first-order valence-corrected chi connectivity index (χ1v) is 12.5. The van der Waals surface area contributed by atoms with Gasteiger partial charge in [-0.2, -0.15) is 0 Å². The molecular weight excluding hydrogens is 477 g/mol. The second kappa shape index (κ2) is 10.5. The van der Waals surface area contributed by atoms with Crippen LogP contribution in [0.5, 0.6) is 0 Å². The van der Waals surface area contributed by atoms with Gasteiger partial charge in [0.05, 0.1) is 35.2 Å². The van der Waals surface area contributed by atoms with Gasteiger partial charge in [0.2, 0.25) is 11.8 Å². The number of rotatable bonds is 7.